The number of fused-ring (bicyclic) bond motifs is 1. The van der Waals surface area contributed by atoms with E-state index in [-0.39, 0.29) is 5.69 Å². The summed E-state index contributed by atoms with van der Waals surface area (Å²) in [5.74, 6) is 0.222. The molecule has 2 fully saturated rings. The number of methoxy groups -OCH3 is 1. The first-order valence-electron chi connectivity index (χ1n) is 12.6. The standard InChI is InChI=1S/C26H33N5O4S/c1-35-16-13-18-11-14-30(15-12-18)22-17-21(26(32)29-36(2,33)34)27-25-23(22)24(19-7-6-8-19)28-31(25)20-9-4-3-5-10-20/h3-5,9-10,17-19H,6-8,11-16H2,1-2H3,(H,29,32). The van der Waals surface area contributed by atoms with Crippen molar-refractivity contribution in [1.29, 1.82) is 0 Å². The summed E-state index contributed by atoms with van der Waals surface area (Å²) in [6.07, 6.45) is 7.40. The van der Waals surface area contributed by atoms with Crippen molar-refractivity contribution in [3.05, 3.63) is 47.8 Å². The Morgan fingerprint density at radius 3 is 2.47 bits per heavy atom. The predicted molar refractivity (Wildman–Crippen MR) is 139 cm³/mol. The smallest absolute Gasteiger partial charge is 0.283 e. The fourth-order valence-electron chi connectivity index (χ4n) is 5.17. The third-order valence-electron chi connectivity index (χ3n) is 7.33. The lowest BCUT2D eigenvalue weighted by molar-refractivity contribution is 0.0977. The van der Waals surface area contributed by atoms with Gasteiger partial charge in [-0.25, -0.2) is 22.8 Å². The second-order valence-corrected chi connectivity index (χ2v) is 11.6. The van der Waals surface area contributed by atoms with E-state index < -0.39 is 15.9 Å². The Morgan fingerprint density at radius 1 is 1.14 bits per heavy atom. The number of anilines is 1. The van der Waals surface area contributed by atoms with E-state index in [4.69, 9.17) is 9.84 Å². The summed E-state index contributed by atoms with van der Waals surface area (Å²) in [4.78, 5) is 19.9. The predicted octanol–water partition coefficient (Wildman–Crippen LogP) is 3.63. The van der Waals surface area contributed by atoms with Crippen LogP contribution in [0, 0.1) is 5.92 Å². The minimum atomic E-state index is -3.73. The molecule has 2 aromatic heterocycles. The van der Waals surface area contributed by atoms with E-state index in [1.165, 1.54) is 6.42 Å². The van der Waals surface area contributed by atoms with E-state index in [2.05, 4.69) is 14.6 Å². The SMILES string of the molecule is COCCC1CCN(c2cc(C(=O)NS(C)(=O)=O)nc3c2c(C2CCC2)nn3-c2ccccc2)CC1. The third-order valence-corrected chi connectivity index (χ3v) is 7.89. The molecule has 1 aromatic carbocycles. The van der Waals surface area contributed by atoms with Gasteiger partial charge in [0, 0.05) is 32.7 Å². The average molecular weight is 512 g/mol. The molecule has 1 N–H and O–H groups in total. The van der Waals surface area contributed by atoms with E-state index in [1.807, 2.05) is 30.3 Å². The first-order valence-corrected chi connectivity index (χ1v) is 14.5. The molecule has 1 amide bonds. The van der Waals surface area contributed by atoms with Gasteiger partial charge in [-0.15, -0.1) is 0 Å². The Kier molecular flexibility index (Phi) is 6.98. The number of pyridine rings is 1. The van der Waals surface area contributed by atoms with E-state index >= 15 is 0 Å². The molecule has 2 aliphatic rings. The van der Waals surface area contributed by atoms with Crippen molar-refractivity contribution in [3.63, 3.8) is 0 Å². The molecular formula is C26H33N5O4S. The van der Waals surface area contributed by atoms with Crippen LogP contribution in [0.1, 0.15) is 60.6 Å². The average Bonchev–Trinajstić information content (AvgIpc) is 3.20. The number of aromatic nitrogens is 3. The molecule has 0 spiro atoms. The number of carbonyl (C=O) groups excluding carboxylic acids is 1. The van der Waals surface area contributed by atoms with Gasteiger partial charge in [0.2, 0.25) is 10.0 Å². The quantitative estimate of drug-likeness (QED) is 0.492. The normalized spacial score (nSPS) is 17.3. The van der Waals surface area contributed by atoms with Crippen molar-refractivity contribution in [2.24, 2.45) is 5.92 Å². The highest BCUT2D eigenvalue weighted by atomic mass is 32.2. The molecule has 0 bridgehead atoms. The fraction of sp³-hybridized carbons (Fsp3) is 0.500. The molecule has 3 aromatic rings. The van der Waals surface area contributed by atoms with Crippen LogP contribution in [0.4, 0.5) is 5.69 Å². The van der Waals surface area contributed by atoms with Gasteiger partial charge in [-0.2, -0.15) is 5.10 Å². The zero-order chi connectivity index (χ0) is 25.3. The van der Waals surface area contributed by atoms with Crippen LogP contribution >= 0.6 is 0 Å². The molecular weight excluding hydrogens is 478 g/mol. The number of sulfonamides is 1. The van der Waals surface area contributed by atoms with Gasteiger partial charge < -0.3 is 9.64 Å². The minimum absolute atomic E-state index is 0.0710. The lowest BCUT2D eigenvalue weighted by Gasteiger charge is -2.34. The molecule has 10 heteroatoms. The van der Waals surface area contributed by atoms with Crippen molar-refractivity contribution in [3.8, 4) is 5.69 Å². The summed E-state index contributed by atoms with van der Waals surface area (Å²) in [7, 11) is -2.00. The number of hydrogen-bond acceptors (Lipinski definition) is 7. The van der Waals surface area contributed by atoms with Crippen LogP contribution in [-0.2, 0) is 14.8 Å². The maximum absolute atomic E-state index is 13.0. The van der Waals surface area contributed by atoms with Crippen molar-refractivity contribution < 1.29 is 17.9 Å². The zero-order valence-electron chi connectivity index (χ0n) is 20.8. The van der Waals surface area contributed by atoms with E-state index in [9.17, 15) is 13.2 Å². The molecule has 192 valence electrons. The summed E-state index contributed by atoms with van der Waals surface area (Å²) >= 11 is 0. The number of benzene rings is 1. The van der Waals surface area contributed by atoms with Gasteiger partial charge in [0.25, 0.3) is 5.91 Å². The van der Waals surface area contributed by atoms with E-state index in [0.29, 0.717) is 17.5 Å². The molecule has 9 nitrogen and oxygen atoms in total. The van der Waals surface area contributed by atoms with Gasteiger partial charge >= 0.3 is 0 Å². The maximum atomic E-state index is 13.0. The number of rotatable bonds is 8. The molecule has 0 radical (unpaired) electrons. The van der Waals surface area contributed by atoms with Crippen LogP contribution in [0.25, 0.3) is 16.7 Å². The fourth-order valence-corrected chi connectivity index (χ4v) is 5.61. The van der Waals surface area contributed by atoms with Gasteiger partial charge in [0.15, 0.2) is 5.65 Å². The second-order valence-electron chi connectivity index (χ2n) is 9.90. The Labute approximate surface area is 211 Å². The van der Waals surface area contributed by atoms with Crippen LogP contribution in [0.3, 0.4) is 0 Å². The summed E-state index contributed by atoms with van der Waals surface area (Å²) in [5, 5.41) is 6.00. The molecule has 0 atom stereocenters. The maximum Gasteiger partial charge on any atom is 0.283 e. The highest BCUT2D eigenvalue weighted by Crippen LogP contribution is 2.43. The summed E-state index contributed by atoms with van der Waals surface area (Å²) in [6.45, 7) is 2.46. The lowest BCUT2D eigenvalue weighted by atomic mass is 9.81. The first-order chi connectivity index (χ1) is 17.3. The van der Waals surface area contributed by atoms with Crippen molar-refractivity contribution in [1.82, 2.24) is 19.5 Å². The summed E-state index contributed by atoms with van der Waals surface area (Å²) in [6, 6.07) is 11.5. The largest absolute Gasteiger partial charge is 0.385 e. The molecule has 1 aliphatic carbocycles. The van der Waals surface area contributed by atoms with E-state index in [0.717, 1.165) is 80.5 Å². The summed E-state index contributed by atoms with van der Waals surface area (Å²) < 4.78 is 32.8. The molecule has 1 saturated heterocycles. The molecule has 3 heterocycles. The number of hydrogen-bond donors (Lipinski definition) is 1. The number of carbonyl (C=O) groups is 1. The van der Waals surface area contributed by atoms with Crippen molar-refractivity contribution >= 4 is 32.7 Å². The number of para-hydroxylation sites is 1. The van der Waals surface area contributed by atoms with Gasteiger partial charge in [0.1, 0.15) is 5.69 Å². The Hall–Kier alpha value is -2.98. The number of nitrogens with zero attached hydrogens (tertiary/aromatic N) is 4. The monoisotopic (exact) mass is 511 g/mol. The first kappa shape index (κ1) is 24.7. The molecule has 1 aliphatic heterocycles. The highest BCUT2D eigenvalue weighted by molar-refractivity contribution is 7.89. The lowest BCUT2D eigenvalue weighted by Crippen LogP contribution is -2.35. The van der Waals surface area contributed by atoms with E-state index in [1.54, 1.807) is 17.9 Å². The minimum Gasteiger partial charge on any atom is -0.385 e. The Balaban J connectivity index is 1.64. The third kappa shape index (κ3) is 5.10. The number of amides is 1. The van der Waals surface area contributed by atoms with Crippen LogP contribution in [0.2, 0.25) is 0 Å². The van der Waals surface area contributed by atoms with Gasteiger partial charge in [0.05, 0.1) is 28.7 Å². The second kappa shape index (κ2) is 10.2. The Bertz CT molecular complexity index is 1340. The number of nitrogens with one attached hydrogen (secondary N) is 1. The van der Waals surface area contributed by atoms with Crippen molar-refractivity contribution in [2.45, 2.75) is 44.4 Å². The topological polar surface area (TPSA) is 106 Å². The van der Waals surface area contributed by atoms with Crippen LogP contribution in [0.5, 0.6) is 0 Å². The van der Waals surface area contributed by atoms with Gasteiger partial charge in [-0.1, -0.05) is 24.6 Å². The van der Waals surface area contributed by atoms with Gasteiger partial charge in [-0.3, -0.25) is 4.79 Å². The highest BCUT2D eigenvalue weighted by Gasteiger charge is 2.31. The molecule has 36 heavy (non-hydrogen) atoms. The molecule has 5 rings (SSSR count). The molecule has 0 unspecified atom stereocenters. The number of ether oxygens (including phenoxy) is 1. The van der Waals surface area contributed by atoms with Crippen molar-refractivity contribution in [2.75, 3.05) is 38.0 Å². The number of piperidine rings is 1. The van der Waals surface area contributed by atoms with Gasteiger partial charge in [-0.05, 0) is 56.2 Å². The van der Waals surface area contributed by atoms with Crippen LogP contribution in [-0.4, -0.2) is 62.2 Å². The Morgan fingerprint density at radius 2 is 1.86 bits per heavy atom. The molecule has 1 saturated carbocycles. The van der Waals surface area contributed by atoms with Crippen LogP contribution in [0.15, 0.2) is 36.4 Å². The zero-order valence-corrected chi connectivity index (χ0v) is 21.6. The van der Waals surface area contributed by atoms with Crippen LogP contribution < -0.4 is 9.62 Å². The summed E-state index contributed by atoms with van der Waals surface area (Å²) in [5.41, 5.74) is 3.43.